The van der Waals surface area contributed by atoms with Crippen LogP contribution >= 0.6 is 12.2 Å². The molecule has 0 bridgehead atoms. The fourth-order valence-corrected chi connectivity index (χ4v) is 3.55. The van der Waals surface area contributed by atoms with Crippen LogP contribution < -0.4 is 0 Å². The van der Waals surface area contributed by atoms with E-state index in [-0.39, 0.29) is 5.82 Å². The number of nitrogens with one attached hydrogen (secondary N) is 1. The quantitative estimate of drug-likeness (QED) is 0.576. The minimum absolute atomic E-state index is 0.218. The molecule has 1 aromatic heterocycles. The largest absolute Gasteiger partial charge is 0.328 e. The molecule has 2 aromatic rings. The summed E-state index contributed by atoms with van der Waals surface area (Å²) in [7, 11) is 0. The summed E-state index contributed by atoms with van der Waals surface area (Å²) in [5.74, 6) is 0.574. The maximum atomic E-state index is 13.8. The third-order valence-electron chi connectivity index (χ3n) is 4.29. The monoisotopic (exact) mass is 278 g/mol. The van der Waals surface area contributed by atoms with Crippen LogP contribution in [-0.2, 0) is 0 Å². The molecule has 1 fully saturated rings. The van der Waals surface area contributed by atoms with Crippen LogP contribution in [-0.4, -0.2) is 9.55 Å². The number of imidazole rings is 1. The van der Waals surface area contributed by atoms with Crippen molar-refractivity contribution in [1.29, 1.82) is 0 Å². The summed E-state index contributed by atoms with van der Waals surface area (Å²) in [6.07, 6.45) is 6.03. The van der Waals surface area contributed by atoms with E-state index < -0.39 is 0 Å². The molecule has 1 heterocycles. The van der Waals surface area contributed by atoms with Gasteiger partial charge in [-0.25, -0.2) is 4.39 Å². The Morgan fingerprint density at radius 1 is 1.26 bits per heavy atom. The molecule has 0 spiro atoms. The van der Waals surface area contributed by atoms with E-state index in [1.54, 1.807) is 6.07 Å². The third kappa shape index (κ3) is 2.34. The van der Waals surface area contributed by atoms with E-state index in [4.69, 9.17) is 12.2 Å². The van der Waals surface area contributed by atoms with Gasteiger partial charge in [0.05, 0.1) is 5.52 Å². The highest BCUT2D eigenvalue weighted by Crippen LogP contribution is 2.33. The summed E-state index contributed by atoms with van der Waals surface area (Å²) in [5, 5.41) is 0. The number of aromatic nitrogens is 2. The van der Waals surface area contributed by atoms with E-state index in [9.17, 15) is 4.39 Å². The molecule has 3 rings (SSSR count). The Bertz CT molecular complexity index is 643. The van der Waals surface area contributed by atoms with E-state index in [2.05, 4.69) is 16.5 Å². The van der Waals surface area contributed by atoms with Crippen molar-refractivity contribution >= 4 is 23.3 Å². The van der Waals surface area contributed by atoms with Crippen LogP contribution in [0.4, 0.5) is 4.39 Å². The first-order chi connectivity index (χ1) is 9.16. The normalized spacial score (nSPS) is 24.5. The Hall–Kier alpha value is -1.16. The Balaban J connectivity index is 2.07. The molecule has 0 saturated heterocycles. The lowest BCUT2D eigenvalue weighted by Gasteiger charge is -2.17. The molecule has 19 heavy (non-hydrogen) atoms. The number of H-pyrrole nitrogens is 1. The van der Waals surface area contributed by atoms with Crippen molar-refractivity contribution in [2.75, 3.05) is 0 Å². The standard InChI is InChI=1S/C15H19FN2S/c1-10-4-2-5-11(9-8-10)18-13-7-3-6-12(16)14(13)17-15(18)19/h3,6-7,10-11H,2,4-5,8-9H2,1H3,(H,17,19). The number of halogens is 1. The second-order valence-corrected chi connectivity index (χ2v) is 6.09. The van der Waals surface area contributed by atoms with Gasteiger partial charge in [0.1, 0.15) is 11.3 Å². The van der Waals surface area contributed by atoms with Crippen molar-refractivity contribution in [1.82, 2.24) is 9.55 Å². The Kier molecular flexibility index (Phi) is 3.44. The molecule has 1 N–H and O–H groups in total. The summed E-state index contributed by atoms with van der Waals surface area (Å²) in [4.78, 5) is 3.03. The second-order valence-electron chi connectivity index (χ2n) is 5.70. The Labute approximate surface area is 117 Å². The number of hydrogen-bond acceptors (Lipinski definition) is 1. The highest BCUT2D eigenvalue weighted by atomic mass is 32.1. The highest BCUT2D eigenvalue weighted by molar-refractivity contribution is 7.71. The minimum atomic E-state index is -0.218. The predicted molar refractivity (Wildman–Crippen MR) is 78.4 cm³/mol. The van der Waals surface area contributed by atoms with Crippen LogP contribution in [0.5, 0.6) is 0 Å². The van der Waals surface area contributed by atoms with E-state index in [1.807, 2.05) is 6.07 Å². The first-order valence-electron chi connectivity index (χ1n) is 7.05. The van der Waals surface area contributed by atoms with Gasteiger partial charge < -0.3 is 9.55 Å². The van der Waals surface area contributed by atoms with Crippen LogP contribution in [0.3, 0.4) is 0 Å². The molecule has 0 amide bonds. The van der Waals surface area contributed by atoms with Gasteiger partial charge in [-0.05, 0) is 49.5 Å². The maximum Gasteiger partial charge on any atom is 0.178 e. The SMILES string of the molecule is CC1CCCC(n2c(=S)[nH]c3c(F)cccc32)CC1. The molecular weight excluding hydrogens is 259 g/mol. The summed E-state index contributed by atoms with van der Waals surface area (Å²) in [6.45, 7) is 2.32. The van der Waals surface area contributed by atoms with Crippen LogP contribution in [0.1, 0.15) is 45.1 Å². The van der Waals surface area contributed by atoms with Crippen LogP contribution in [0, 0.1) is 16.5 Å². The molecular formula is C15H19FN2S. The lowest BCUT2D eigenvalue weighted by atomic mass is 10.0. The van der Waals surface area contributed by atoms with E-state index in [0.717, 1.165) is 24.3 Å². The molecule has 1 aromatic carbocycles. The molecule has 2 unspecified atom stereocenters. The summed E-state index contributed by atoms with van der Waals surface area (Å²) < 4.78 is 16.6. The van der Waals surface area contributed by atoms with Crippen LogP contribution in [0.15, 0.2) is 18.2 Å². The zero-order valence-electron chi connectivity index (χ0n) is 11.2. The third-order valence-corrected chi connectivity index (χ3v) is 4.59. The summed E-state index contributed by atoms with van der Waals surface area (Å²) >= 11 is 5.41. The number of aromatic amines is 1. The first kappa shape index (κ1) is 12.9. The van der Waals surface area contributed by atoms with E-state index in [1.165, 1.54) is 25.3 Å². The first-order valence-corrected chi connectivity index (χ1v) is 7.46. The van der Waals surface area contributed by atoms with Crippen LogP contribution in [0.2, 0.25) is 0 Å². The van der Waals surface area contributed by atoms with Gasteiger partial charge in [-0.3, -0.25) is 0 Å². The predicted octanol–water partition coefficient (Wildman–Crippen LogP) is 4.98. The van der Waals surface area contributed by atoms with E-state index in [0.29, 0.717) is 16.3 Å². The van der Waals surface area contributed by atoms with Crippen molar-refractivity contribution in [2.24, 2.45) is 5.92 Å². The number of para-hydroxylation sites is 1. The van der Waals surface area contributed by atoms with Crippen LogP contribution in [0.25, 0.3) is 11.0 Å². The van der Waals surface area contributed by atoms with E-state index >= 15 is 0 Å². The fourth-order valence-electron chi connectivity index (χ4n) is 3.20. The maximum absolute atomic E-state index is 13.8. The van der Waals surface area contributed by atoms with Gasteiger partial charge >= 0.3 is 0 Å². The Morgan fingerprint density at radius 3 is 2.95 bits per heavy atom. The molecule has 1 aliphatic carbocycles. The molecule has 2 atom stereocenters. The molecule has 1 aliphatic rings. The number of nitrogens with zero attached hydrogens (tertiary/aromatic N) is 1. The number of hydrogen-bond donors (Lipinski definition) is 1. The van der Waals surface area contributed by atoms with Gasteiger partial charge in [0.15, 0.2) is 4.77 Å². The van der Waals surface area contributed by atoms with Crippen molar-refractivity contribution in [3.05, 3.63) is 28.8 Å². The topological polar surface area (TPSA) is 20.7 Å². The van der Waals surface area contributed by atoms with Crippen molar-refractivity contribution < 1.29 is 4.39 Å². The molecule has 4 heteroatoms. The summed E-state index contributed by atoms with van der Waals surface area (Å²) in [5.41, 5.74) is 1.45. The molecule has 0 radical (unpaired) electrons. The van der Waals surface area contributed by atoms with Gasteiger partial charge in [-0.2, -0.15) is 0 Å². The number of rotatable bonds is 1. The van der Waals surface area contributed by atoms with Gasteiger partial charge in [0.2, 0.25) is 0 Å². The van der Waals surface area contributed by atoms with Gasteiger partial charge in [0.25, 0.3) is 0 Å². The van der Waals surface area contributed by atoms with Gasteiger partial charge in [-0.15, -0.1) is 0 Å². The van der Waals surface area contributed by atoms with Crippen molar-refractivity contribution in [3.8, 4) is 0 Å². The second kappa shape index (κ2) is 5.08. The average Bonchev–Trinajstić information content (AvgIpc) is 2.57. The zero-order chi connectivity index (χ0) is 13.4. The minimum Gasteiger partial charge on any atom is -0.328 e. The molecule has 2 nitrogen and oxygen atoms in total. The van der Waals surface area contributed by atoms with Gasteiger partial charge in [0, 0.05) is 6.04 Å². The fraction of sp³-hybridized carbons (Fsp3) is 0.533. The lowest BCUT2D eigenvalue weighted by Crippen LogP contribution is -2.08. The van der Waals surface area contributed by atoms with Gasteiger partial charge in [-0.1, -0.05) is 25.8 Å². The molecule has 102 valence electrons. The zero-order valence-corrected chi connectivity index (χ0v) is 12.0. The highest BCUT2D eigenvalue weighted by Gasteiger charge is 2.20. The molecule has 1 saturated carbocycles. The number of fused-ring (bicyclic) bond motifs is 1. The smallest absolute Gasteiger partial charge is 0.178 e. The van der Waals surface area contributed by atoms with Crippen molar-refractivity contribution in [2.45, 2.75) is 45.1 Å². The summed E-state index contributed by atoms with van der Waals surface area (Å²) in [6, 6.07) is 5.61. The Morgan fingerprint density at radius 2 is 2.11 bits per heavy atom. The van der Waals surface area contributed by atoms with Crippen molar-refractivity contribution in [3.63, 3.8) is 0 Å². The lowest BCUT2D eigenvalue weighted by molar-refractivity contribution is 0.438. The average molecular weight is 278 g/mol. The number of benzene rings is 1. The molecule has 0 aliphatic heterocycles.